The van der Waals surface area contributed by atoms with Gasteiger partial charge >= 0.3 is 5.97 Å². The average Bonchev–Trinajstić information content (AvgIpc) is 3.35. The number of imide groups is 1. The smallest absolute Gasteiger partial charge is 0.331 e. The number of phenols is 1. The Labute approximate surface area is 197 Å². The molecule has 7 heteroatoms. The highest BCUT2D eigenvalue weighted by atomic mass is 16.5. The van der Waals surface area contributed by atoms with E-state index in [-0.39, 0.29) is 18.3 Å². The lowest BCUT2D eigenvalue weighted by atomic mass is 9.75. The van der Waals surface area contributed by atoms with E-state index in [4.69, 9.17) is 4.74 Å². The zero-order chi connectivity index (χ0) is 23.9. The maximum Gasteiger partial charge on any atom is 0.331 e. The fourth-order valence-electron chi connectivity index (χ4n) is 5.22. The minimum absolute atomic E-state index is 0.0812. The predicted octanol–water partition coefficient (Wildman–Crippen LogP) is 3.30. The van der Waals surface area contributed by atoms with Gasteiger partial charge in [0.1, 0.15) is 5.75 Å². The molecule has 2 amide bonds. The van der Waals surface area contributed by atoms with Crippen LogP contribution in [-0.4, -0.2) is 29.5 Å². The molecule has 2 N–H and O–H groups in total. The molecule has 172 valence electrons. The van der Waals surface area contributed by atoms with Crippen LogP contribution < -0.4 is 10.2 Å². The topological polar surface area (TPSA) is 95.9 Å². The largest absolute Gasteiger partial charge is 0.508 e. The van der Waals surface area contributed by atoms with Crippen molar-refractivity contribution in [2.24, 2.45) is 11.8 Å². The van der Waals surface area contributed by atoms with Crippen molar-refractivity contribution in [3.8, 4) is 5.75 Å². The number of hydrogen-bond donors (Lipinski definition) is 2. The molecule has 5 rings (SSSR count). The zero-order valence-electron chi connectivity index (χ0n) is 18.5. The number of fused-ring (bicyclic) bond motifs is 1. The van der Waals surface area contributed by atoms with Gasteiger partial charge in [0, 0.05) is 6.04 Å². The van der Waals surface area contributed by atoms with Gasteiger partial charge in [-0.3, -0.25) is 14.9 Å². The van der Waals surface area contributed by atoms with Crippen molar-refractivity contribution in [2.75, 3.05) is 11.5 Å². The number of nitrogens with zero attached hydrogens (tertiary/aromatic N) is 1. The van der Waals surface area contributed by atoms with Crippen molar-refractivity contribution in [1.29, 1.82) is 0 Å². The van der Waals surface area contributed by atoms with Gasteiger partial charge in [-0.1, -0.05) is 60.7 Å². The highest BCUT2D eigenvalue weighted by molar-refractivity contribution is 6.24. The third-order valence-corrected chi connectivity index (χ3v) is 6.65. The molecular formula is C27H24N2O5. The third-order valence-electron chi connectivity index (χ3n) is 6.65. The molecule has 2 fully saturated rings. The summed E-state index contributed by atoms with van der Waals surface area (Å²) < 4.78 is 5.50. The van der Waals surface area contributed by atoms with Crippen LogP contribution in [0.1, 0.15) is 24.1 Å². The van der Waals surface area contributed by atoms with Crippen LogP contribution in [-0.2, 0) is 24.7 Å². The first-order valence-electron chi connectivity index (χ1n) is 11.2. The second kappa shape index (κ2) is 8.43. The number of amides is 2. The van der Waals surface area contributed by atoms with Crippen LogP contribution in [0.2, 0.25) is 0 Å². The zero-order valence-corrected chi connectivity index (χ0v) is 18.5. The Kier molecular flexibility index (Phi) is 5.42. The summed E-state index contributed by atoms with van der Waals surface area (Å²) in [5, 5.41) is 13.1. The first-order valence-corrected chi connectivity index (χ1v) is 11.2. The molecule has 0 bridgehead atoms. The number of benzene rings is 3. The summed E-state index contributed by atoms with van der Waals surface area (Å²) in [5.41, 5.74) is 0.148. The van der Waals surface area contributed by atoms with Gasteiger partial charge in [0.15, 0.2) is 5.54 Å². The number of rotatable bonds is 5. The van der Waals surface area contributed by atoms with E-state index in [9.17, 15) is 19.5 Å². The highest BCUT2D eigenvalue weighted by Gasteiger charge is 2.69. The maximum absolute atomic E-state index is 13.9. The number of phenolic OH excluding ortho intramolecular Hbond substituents is 1. The molecule has 4 atom stereocenters. The standard InChI is InChI=1S/C27H24N2O5/c1-2-34-26(33)27(18-9-5-3-6-10-18)22-21(23(28-27)17-13-15-20(30)16-14-17)24(31)29(25(22)32)19-11-7-4-8-12-19/h3-16,21-23,28,30H,2H2,1H3/t21-,22-,23-,27-/m0/s1. The highest BCUT2D eigenvalue weighted by Crippen LogP contribution is 2.54. The number of aromatic hydroxyl groups is 1. The Morgan fingerprint density at radius 1 is 0.941 bits per heavy atom. The lowest BCUT2D eigenvalue weighted by Crippen LogP contribution is -2.54. The molecule has 3 aromatic rings. The van der Waals surface area contributed by atoms with E-state index in [0.29, 0.717) is 16.8 Å². The molecular weight excluding hydrogens is 432 g/mol. The lowest BCUT2D eigenvalue weighted by molar-refractivity contribution is -0.155. The Balaban J connectivity index is 1.72. The molecule has 0 spiro atoms. The number of ether oxygens (including phenoxy) is 1. The fraction of sp³-hybridized carbons (Fsp3) is 0.222. The maximum atomic E-state index is 13.9. The molecule has 0 unspecified atom stereocenters. The number of carbonyl (C=O) groups excluding carboxylic acids is 3. The van der Waals surface area contributed by atoms with Crippen molar-refractivity contribution in [3.63, 3.8) is 0 Å². The summed E-state index contributed by atoms with van der Waals surface area (Å²) in [6, 6.07) is 23.4. The molecule has 7 nitrogen and oxygen atoms in total. The fourth-order valence-corrected chi connectivity index (χ4v) is 5.22. The van der Waals surface area contributed by atoms with Crippen molar-refractivity contribution < 1.29 is 24.2 Å². The second-order valence-electron chi connectivity index (χ2n) is 8.46. The molecule has 2 saturated heterocycles. The van der Waals surface area contributed by atoms with Crippen molar-refractivity contribution >= 4 is 23.5 Å². The summed E-state index contributed by atoms with van der Waals surface area (Å²) in [5.74, 6) is -3.21. The molecule has 0 saturated carbocycles. The molecule has 2 aliphatic rings. The minimum Gasteiger partial charge on any atom is -0.508 e. The van der Waals surface area contributed by atoms with Crippen LogP contribution in [0.25, 0.3) is 0 Å². The van der Waals surface area contributed by atoms with Gasteiger partial charge in [0.25, 0.3) is 0 Å². The third kappa shape index (κ3) is 3.20. The molecule has 0 aliphatic carbocycles. The normalized spacial score (nSPS) is 25.9. The number of nitrogens with one attached hydrogen (secondary N) is 1. The van der Waals surface area contributed by atoms with Gasteiger partial charge < -0.3 is 9.84 Å². The van der Waals surface area contributed by atoms with E-state index in [1.54, 1.807) is 67.6 Å². The van der Waals surface area contributed by atoms with Gasteiger partial charge in [-0.25, -0.2) is 9.69 Å². The van der Waals surface area contributed by atoms with E-state index in [0.717, 1.165) is 0 Å². The van der Waals surface area contributed by atoms with E-state index >= 15 is 0 Å². The second-order valence-corrected chi connectivity index (χ2v) is 8.46. The number of esters is 1. The molecule has 3 aromatic carbocycles. The Morgan fingerprint density at radius 3 is 2.18 bits per heavy atom. The monoisotopic (exact) mass is 456 g/mol. The van der Waals surface area contributed by atoms with E-state index in [1.165, 1.54) is 17.0 Å². The van der Waals surface area contributed by atoms with Crippen molar-refractivity contribution in [2.45, 2.75) is 18.5 Å². The molecule has 2 aliphatic heterocycles. The summed E-state index contributed by atoms with van der Waals surface area (Å²) in [6.45, 7) is 1.83. The number of carbonyl (C=O) groups is 3. The quantitative estimate of drug-likeness (QED) is 0.452. The van der Waals surface area contributed by atoms with Crippen LogP contribution in [0.4, 0.5) is 5.69 Å². The van der Waals surface area contributed by atoms with Crippen LogP contribution in [0.3, 0.4) is 0 Å². The van der Waals surface area contributed by atoms with E-state index in [1.807, 2.05) is 12.1 Å². The summed E-state index contributed by atoms with van der Waals surface area (Å²) >= 11 is 0. The first kappa shape index (κ1) is 21.9. The Bertz CT molecular complexity index is 1230. The van der Waals surface area contributed by atoms with E-state index in [2.05, 4.69) is 5.32 Å². The van der Waals surface area contributed by atoms with Crippen molar-refractivity contribution in [1.82, 2.24) is 5.32 Å². The lowest BCUT2D eigenvalue weighted by Gasteiger charge is -2.33. The Hall–Kier alpha value is -3.97. The van der Waals surface area contributed by atoms with Gasteiger partial charge in [-0.15, -0.1) is 0 Å². The Morgan fingerprint density at radius 2 is 1.56 bits per heavy atom. The number of para-hydroxylation sites is 1. The number of anilines is 1. The molecule has 0 radical (unpaired) electrons. The van der Waals surface area contributed by atoms with Gasteiger partial charge in [-0.05, 0) is 42.3 Å². The van der Waals surface area contributed by atoms with Gasteiger partial charge in [0.2, 0.25) is 11.8 Å². The molecule has 34 heavy (non-hydrogen) atoms. The molecule has 2 heterocycles. The summed E-state index contributed by atoms with van der Waals surface area (Å²) in [6.07, 6.45) is 0. The van der Waals surface area contributed by atoms with Crippen LogP contribution in [0.5, 0.6) is 5.75 Å². The van der Waals surface area contributed by atoms with Crippen molar-refractivity contribution in [3.05, 3.63) is 96.1 Å². The van der Waals surface area contributed by atoms with Crippen LogP contribution in [0.15, 0.2) is 84.9 Å². The minimum atomic E-state index is -1.55. The van der Waals surface area contributed by atoms with Gasteiger partial charge in [-0.2, -0.15) is 0 Å². The predicted molar refractivity (Wildman–Crippen MR) is 125 cm³/mol. The van der Waals surface area contributed by atoms with Gasteiger partial charge in [0.05, 0.1) is 24.1 Å². The molecule has 0 aromatic heterocycles. The van der Waals surface area contributed by atoms with Crippen LogP contribution >= 0.6 is 0 Å². The summed E-state index contributed by atoms with van der Waals surface area (Å²) in [7, 11) is 0. The first-order chi connectivity index (χ1) is 16.5. The SMILES string of the molecule is CCOC(=O)[C@@]1(c2ccccc2)N[C@@H](c2ccc(O)cc2)[C@H]2C(=O)N(c3ccccc3)C(=O)[C@H]21. The number of hydrogen-bond acceptors (Lipinski definition) is 6. The van der Waals surface area contributed by atoms with Crippen LogP contribution in [0, 0.1) is 11.8 Å². The average molecular weight is 456 g/mol. The van der Waals surface area contributed by atoms with E-state index < -0.39 is 35.3 Å². The summed E-state index contributed by atoms with van der Waals surface area (Å²) in [4.78, 5) is 42.6.